The van der Waals surface area contributed by atoms with Gasteiger partial charge in [-0.25, -0.2) is 0 Å². The molecule has 0 spiro atoms. The Morgan fingerprint density at radius 3 is 2.74 bits per heavy atom. The van der Waals surface area contributed by atoms with Gasteiger partial charge in [-0.2, -0.15) is 0 Å². The summed E-state index contributed by atoms with van der Waals surface area (Å²) < 4.78 is 5.91. The molecule has 1 saturated heterocycles. The van der Waals surface area contributed by atoms with Crippen LogP contribution in [0.3, 0.4) is 0 Å². The number of nitrogens with zero attached hydrogens (tertiary/aromatic N) is 1. The monoisotopic (exact) mass is 326 g/mol. The van der Waals surface area contributed by atoms with Gasteiger partial charge in [-0.05, 0) is 28.1 Å². The number of rotatable bonds is 4. The van der Waals surface area contributed by atoms with E-state index in [0.29, 0.717) is 4.47 Å². The molecular formula is C14H19BrN2O2. The van der Waals surface area contributed by atoms with E-state index in [0.717, 1.165) is 37.5 Å². The summed E-state index contributed by atoms with van der Waals surface area (Å²) >= 11 is 3.36. The van der Waals surface area contributed by atoms with Gasteiger partial charge in [-0.15, -0.1) is 6.58 Å². The van der Waals surface area contributed by atoms with Crippen molar-refractivity contribution in [2.75, 3.05) is 33.3 Å². The Morgan fingerprint density at radius 2 is 2.16 bits per heavy atom. The Balaban J connectivity index is 2.36. The number of phenols is 1. The molecular weight excluding hydrogens is 308 g/mol. The first-order chi connectivity index (χ1) is 9.17. The smallest absolute Gasteiger partial charge is 0.135 e. The normalized spacial score (nSPS) is 18.0. The number of nitrogens with one attached hydrogen (secondary N) is 1. The highest BCUT2D eigenvalue weighted by Gasteiger charge is 2.23. The number of aromatic hydroxyl groups is 1. The Hall–Kier alpha value is -1.04. The SMILES string of the molecule is C=C[C@H](c1cc(OC)cc(Br)c1O)N1CCNCC1. The Bertz CT molecular complexity index is 459. The van der Waals surface area contributed by atoms with Crippen LogP contribution in [0.5, 0.6) is 11.5 Å². The van der Waals surface area contributed by atoms with Gasteiger partial charge in [-0.1, -0.05) is 6.08 Å². The first kappa shape index (κ1) is 14.4. The van der Waals surface area contributed by atoms with Crippen LogP contribution in [0.25, 0.3) is 0 Å². The molecule has 1 aromatic carbocycles. The summed E-state index contributed by atoms with van der Waals surface area (Å²) in [5, 5.41) is 13.6. The second-order valence-electron chi connectivity index (χ2n) is 4.51. The van der Waals surface area contributed by atoms with E-state index in [9.17, 15) is 5.11 Å². The number of ether oxygens (including phenoxy) is 1. The topological polar surface area (TPSA) is 44.7 Å². The number of halogens is 1. The minimum atomic E-state index is -0.00602. The van der Waals surface area contributed by atoms with Gasteiger partial charge < -0.3 is 15.2 Å². The number of phenolic OH excluding ortho intramolecular Hbond substituents is 1. The summed E-state index contributed by atoms with van der Waals surface area (Å²) in [6.07, 6.45) is 1.87. The minimum absolute atomic E-state index is 0.00602. The highest BCUT2D eigenvalue weighted by atomic mass is 79.9. The standard InChI is InChI=1S/C14H19BrN2O2/c1-3-13(17-6-4-16-5-7-17)11-8-10(19-2)9-12(15)14(11)18/h3,8-9,13,16,18H,1,4-7H2,2H3/t13-/m1/s1. The van der Waals surface area contributed by atoms with E-state index >= 15 is 0 Å². The third-order valence-electron chi connectivity index (χ3n) is 3.39. The fourth-order valence-corrected chi connectivity index (χ4v) is 2.83. The van der Waals surface area contributed by atoms with Crippen molar-refractivity contribution >= 4 is 15.9 Å². The molecule has 0 aromatic heterocycles. The zero-order valence-electron chi connectivity index (χ0n) is 11.0. The molecule has 0 amide bonds. The van der Waals surface area contributed by atoms with Crippen molar-refractivity contribution in [3.8, 4) is 11.5 Å². The van der Waals surface area contributed by atoms with Crippen LogP contribution in [0.2, 0.25) is 0 Å². The molecule has 1 atom stereocenters. The molecule has 0 aliphatic carbocycles. The predicted molar refractivity (Wildman–Crippen MR) is 79.7 cm³/mol. The fourth-order valence-electron chi connectivity index (χ4n) is 2.37. The summed E-state index contributed by atoms with van der Waals surface area (Å²) in [5.41, 5.74) is 0.822. The molecule has 0 saturated carbocycles. The van der Waals surface area contributed by atoms with Crippen LogP contribution >= 0.6 is 15.9 Å². The van der Waals surface area contributed by atoms with Gasteiger partial charge in [0, 0.05) is 31.7 Å². The fraction of sp³-hybridized carbons (Fsp3) is 0.429. The molecule has 0 bridgehead atoms. The van der Waals surface area contributed by atoms with Gasteiger partial charge in [0.1, 0.15) is 11.5 Å². The highest BCUT2D eigenvalue weighted by Crippen LogP contribution is 2.38. The van der Waals surface area contributed by atoms with Crippen LogP contribution in [0.4, 0.5) is 0 Å². The van der Waals surface area contributed by atoms with Crippen molar-refractivity contribution in [2.45, 2.75) is 6.04 Å². The molecule has 4 nitrogen and oxygen atoms in total. The molecule has 104 valence electrons. The summed E-state index contributed by atoms with van der Waals surface area (Å²) in [4.78, 5) is 2.30. The molecule has 2 N–H and O–H groups in total. The van der Waals surface area contributed by atoms with E-state index < -0.39 is 0 Å². The summed E-state index contributed by atoms with van der Waals surface area (Å²) in [5.74, 6) is 0.978. The molecule has 1 fully saturated rings. The second-order valence-corrected chi connectivity index (χ2v) is 5.37. The van der Waals surface area contributed by atoms with Crippen molar-refractivity contribution in [2.24, 2.45) is 0 Å². The molecule has 19 heavy (non-hydrogen) atoms. The van der Waals surface area contributed by atoms with Gasteiger partial charge in [0.15, 0.2) is 0 Å². The van der Waals surface area contributed by atoms with Crippen molar-refractivity contribution in [3.05, 3.63) is 34.8 Å². The van der Waals surface area contributed by atoms with Crippen LogP contribution in [0, 0.1) is 0 Å². The summed E-state index contributed by atoms with van der Waals surface area (Å²) in [6, 6.07) is 3.62. The van der Waals surface area contributed by atoms with Crippen LogP contribution in [-0.2, 0) is 0 Å². The molecule has 1 heterocycles. The lowest BCUT2D eigenvalue weighted by Gasteiger charge is -2.33. The molecule has 0 unspecified atom stereocenters. The Morgan fingerprint density at radius 1 is 1.47 bits per heavy atom. The minimum Gasteiger partial charge on any atom is -0.506 e. The largest absolute Gasteiger partial charge is 0.506 e. The lowest BCUT2D eigenvalue weighted by atomic mass is 10.0. The zero-order valence-corrected chi connectivity index (χ0v) is 12.6. The maximum atomic E-state index is 10.3. The van der Waals surface area contributed by atoms with E-state index in [1.807, 2.05) is 12.1 Å². The number of hydrogen-bond donors (Lipinski definition) is 2. The Kier molecular flexibility index (Phi) is 4.85. The molecule has 2 rings (SSSR count). The third-order valence-corrected chi connectivity index (χ3v) is 3.99. The van der Waals surface area contributed by atoms with E-state index in [1.54, 1.807) is 13.2 Å². The maximum absolute atomic E-state index is 10.3. The van der Waals surface area contributed by atoms with Crippen LogP contribution in [0.1, 0.15) is 11.6 Å². The first-order valence-corrected chi connectivity index (χ1v) is 7.10. The van der Waals surface area contributed by atoms with Crippen molar-refractivity contribution in [1.82, 2.24) is 10.2 Å². The predicted octanol–water partition coefficient (Wildman–Crippen LogP) is 2.30. The van der Waals surface area contributed by atoms with Gasteiger partial charge in [0.05, 0.1) is 17.6 Å². The summed E-state index contributed by atoms with van der Waals surface area (Å²) in [6.45, 7) is 7.69. The van der Waals surface area contributed by atoms with Crippen molar-refractivity contribution in [1.29, 1.82) is 0 Å². The van der Waals surface area contributed by atoms with E-state index in [1.165, 1.54) is 0 Å². The molecule has 1 aromatic rings. The average molecular weight is 327 g/mol. The maximum Gasteiger partial charge on any atom is 0.135 e. The molecule has 1 aliphatic heterocycles. The van der Waals surface area contributed by atoms with Crippen LogP contribution in [-0.4, -0.2) is 43.3 Å². The zero-order chi connectivity index (χ0) is 13.8. The van der Waals surface area contributed by atoms with Gasteiger partial charge in [0.25, 0.3) is 0 Å². The van der Waals surface area contributed by atoms with Gasteiger partial charge >= 0.3 is 0 Å². The second kappa shape index (κ2) is 6.41. The number of methoxy groups -OCH3 is 1. The lowest BCUT2D eigenvalue weighted by molar-refractivity contribution is 0.200. The van der Waals surface area contributed by atoms with Gasteiger partial charge in [0.2, 0.25) is 0 Å². The molecule has 1 aliphatic rings. The highest BCUT2D eigenvalue weighted by molar-refractivity contribution is 9.10. The first-order valence-electron chi connectivity index (χ1n) is 6.31. The number of benzene rings is 1. The van der Waals surface area contributed by atoms with E-state index in [-0.39, 0.29) is 11.8 Å². The van der Waals surface area contributed by atoms with E-state index in [2.05, 4.69) is 32.7 Å². The van der Waals surface area contributed by atoms with Gasteiger partial charge in [-0.3, -0.25) is 4.90 Å². The lowest BCUT2D eigenvalue weighted by Crippen LogP contribution is -2.44. The number of hydrogen-bond acceptors (Lipinski definition) is 4. The van der Waals surface area contributed by atoms with E-state index in [4.69, 9.17) is 4.74 Å². The van der Waals surface area contributed by atoms with Crippen molar-refractivity contribution in [3.63, 3.8) is 0 Å². The average Bonchev–Trinajstić information content (AvgIpc) is 2.45. The third kappa shape index (κ3) is 3.11. The van der Waals surface area contributed by atoms with Crippen LogP contribution < -0.4 is 10.1 Å². The molecule has 0 radical (unpaired) electrons. The molecule has 5 heteroatoms. The quantitative estimate of drug-likeness (QED) is 0.833. The number of piperazine rings is 1. The van der Waals surface area contributed by atoms with Crippen LogP contribution in [0.15, 0.2) is 29.3 Å². The Labute approximate surface area is 122 Å². The van der Waals surface area contributed by atoms with Crippen molar-refractivity contribution < 1.29 is 9.84 Å². The summed E-state index contributed by atoms with van der Waals surface area (Å²) in [7, 11) is 1.62.